The average Bonchev–Trinajstić information content (AvgIpc) is 3.10. The van der Waals surface area contributed by atoms with Gasteiger partial charge in [0, 0.05) is 18.3 Å². The first kappa shape index (κ1) is 12.4. The predicted octanol–water partition coefficient (Wildman–Crippen LogP) is 3.11. The maximum Gasteiger partial charge on any atom is 0.0951 e. The Morgan fingerprint density at radius 3 is 2.95 bits per heavy atom. The summed E-state index contributed by atoms with van der Waals surface area (Å²) in [6, 6.07) is 11.6. The third-order valence-corrected chi connectivity index (χ3v) is 3.96. The molecule has 1 saturated heterocycles. The number of hydrogen-bond donors (Lipinski definition) is 1. The van der Waals surface area contributed by atoms with Crippen LogP contribution in [0.1, 0.15) is 43.1 Å². The third-order valence-electron chi connectivity index (χ3n) is 3.96. The van der Waals surface area contributed by atoms with Crippen molar-refractivity contribution in [2.24, 2.45) is 0 Å². The summed E-state index contributed by atoms with van der Waals surface area (Å²) in [5, 5.41) is 3.56. The van der Waals surface area contributed by atoms with Crippen LogP contribution in [0.2, 0.25) is 0 Å². The fraction of sp³-hybridized carbons (Fsp3) is 0.438. The molecule has 2 heterocycles. The van der Waals surface area contributed by atoms with Crippen LogP contribution in [-0.2, 0) is 6.42 Å². The smallest absolute Gasteiger partial charge is 0.0951 e. The second-order valence-electron chi connectivity index (χ2n) is 5.41. The molecule has 1 N–H and O–H groups in total. The maximum absolute atomic E-state index is 4.35. The molecule has 1 aliphatic heterocycles. The molecule has 1 aromatic carbocycles. The van der Waals surface area contributed by atoms with Gasteiger partial charge in [0.2, 0.25) is 0 Å². The highest BCUT2D eigenvalue weighted by molar-refractivity contribution is 5.16. The predicted molar refractivity (Wildman–Crippen MR) is 77.1 cm³/mol. The zero-order valence-corrected chi connectivity index (χ0v) is 11.4. The van der Waals surface area contributed by atoms with Crippen LogP contribution >= 0.6 is 0 Å². The van der Waals surface area contributed by atoms with E-state index >= 15 is 0 Å². The van der Waals surface area contributed by atoms with Crippen LogP contribution in [0.3, 0.4) is 0 Å². The lowest BCUT2D eigenvalue weighted by molar-refractivity contribution is 0.489. The maximum atomic E-state index is 4.35. The molecule has 2 aromatic rings. The van der Waals surface area contributed by atoms with E-state index in [4.69, 9.17) is 0 Å². The van der Waals surface area contributed by atoms with Crippen LogP contribution in [0.4, 0.5) is 0 Å². The van der Waals surface area contributed by atoms with Gasteiger partial charge in [-0.05, 0) is 38.3 Å². The van der Waals surface area contributed by atoms with Gasteiger partial charge in [-0.3, -0.25) is 0 Å². The molecule has 0 spiro atoms. The van der Waals surface area contributed by atoms with Crippen LogP contribution in [0.25, 0.3) is 0 Å². The van der Waals surface area contributed by atoms with E-state index in [9.17, 15) is 0 Å². The van der Waals surface area contributed by atoms with Gasteiger partial charge in [0.15, 0.2) is 0 Å². The van der Waals surface area contributed by atoms with Gasteiger partial charge >= 0.3 is 0 Å². The van der Waals surface area contributed by atoms with Gasteiger partial charge in [-0.2, -0.15) is 0 Å². The Hall–Kier alpha value is -1.61. The van der Waals surface area contributed by atoms with E-state index in [0.29, 0.717) is 12.1 Å². The average molecular weight is 255 g/mol. The topological polar surface area (TPSA) is 29.9 Å². The largest absolute Gasteiger partial charge is 0.330 e. The summed E-state index contributed by atoms with van der Waals surface area (Å²) in [5.41, 5.74) is 2.72. The Bertz CT molecular complexity index is 512. The molecule has 0 amide bonds. The van der Waals surface area contributed by atoms with Crippen LogP contribution < -0.4 is 5.32 Å². The number of benzene rings is 1. The second-order valence-corrected chi connectivity index (χ2v) is 5.41. The lowest BCUT2D eigenvalue weighted by Gasteiger charge is -2.20. The first-order chi connectivity index (χ1) is 9.34. The molecule has 3 heteroatoms. The van der Waals surface area contributed by atoms with Gasteiger partial charge in [-0.15, -0.1) is 0 Å². The minimum absolute atomic E-state index is 0.447. The lowest BCUT2D eigenvalue weighted by Crippen LogP contribution is -2.19. The van der Waals surface area contributed by atoms with Crippen molar-refractivity contribution in [1.82, 2.24) is 14.9 Å². The summed E-state index contributed by atoms with van der Waals surface area (Å²) in [7, 11) is 0. The molecule has 1 aromatic heterocycles. The Morgan fingerprint density at radius 1 is 1.37 bits per heavy atom. The first-order valence-electron chi connectivity index (χ1n) is 7.13. The zero-order chi connectivity index (χ0) is 13.1. The van der Waals surface area contributed by atoms with Crippen molar-refractivity contribution in [3.63, 3.8) is 0 Å². The standard InChI is InChI=1S/C16H21N3/c1-13(10-14-6-3-2-4-7-14)19-12-17-11-16(19)15-8-5-9-18-15/h2-4,6-7,11-13,15,18H,5,8-10H2,1H3. The second kappa shape index (κ2) is 5.57. The third kappa shape index (κ3) is 2.71. The van der Waals surface area contributed by atoms with E-state index in [1.54, 1.807) is 0 Å². The normalized spacial score (nSPS) is 20.6. The van der Waals surface area contributed by atoms with Gasteiger partial charge < -0.3 is 9.88 Å². The highest BCUT2D eigenvalue weighted by Gasteiger charge is 2.21. The lowest BCUT2D eigenvalue weighted by atomic mass is 10.1. The van der Waals surface area contributed by atoms with Crippen molar-refractivity contribution < 1.29 is 0 Å². The van der Waals surface area contributed by atoms with Crippen LogP contribution in [0.15, 0.2) is 42.9 Å². The summed E-state index contributed by atoms with van der Waals surface area (Å²) in [6.45, 7) is 3.40. The van der Waals surface area contributed by atoms with Crippen molar-refractivity contribution >= 4 is 0 Å². The Kier molecular flexibility index (Phi) is 3.65. The SMILES string of the molecule is CC(Cc1ccccc1)n1cncc1C1CCCN1. The molecule has 1 fully saturated rings. The van der Waals surface area contributed by atoms with Gasteiger partial charge in [-0.25, -0.2) is 4.98 Å². The molecule has 3 rings (SSSR count). The van der Waals surface area contributed by atoms with E-state index in [1.807, 2.05) is 12.5 Å². The summed E-state index contributed by atoms with van der Waals surface area (Å²) < 4.78 is 2.33. The van der Waals surface area contributed by atoms with Gasteiger partial charge in [-0.1, -0.05) is 30.3 Å². The molecule has 19 heavy (non-hydrogen) atoms. The molecule has 2 unspecified atom stereocenters. The van der Waals surface area contributed by atoms with Crippen LogP contribution in [0, 0.1) is 0 Å². The number of hydrogen-bond acceptors (Lipinski definition) is 2. The van der Waals surface area contributed by atoms with E-state index in [1.165, 1.54) is 24.1 Å². The first-order valence-corrected chi connectivity index (χ1v) is 7.13. The van der Waals surface area contributed by atoms with Crippen molar-refractivity contribution in [1.29, 1.82) is 0 Å². The highest BCUT2D eigenvalue weighted by atomic mass is 15.1. The van der Waals surface area contributed by atoms with Crippen molar-refractivity contribution in [2.45, 2.75) is 38.3 Å². The molecular weight excluding hydrogens is 234 g/mol. The van der Waals surface area contributed by atoms with Crippen molar-refractivity contribution in [2.75, 3.05) is 6.54 Å². The Morgan fingerprint density at radius 2 is 2.21 bits per heavy atom. The van der Waals surface area contributed by atoms with E-state index < -0.39 is 0 Å². The minimum Gasteiger partial charge on any atom is -0.330 e. The molecular formula is C16H21N3. The number of nitrogens with zero attached hydrogens (tertiary/aromatic N) is 2. The van der Waals surface area contributed by atoms with Crippen LogP contribution in [-0.4, -0.2) is 16.1 Å². The van der Waals surface area contributed by atoms with Gasteiger partial charge in [0.25, 0.3) is 0 Å². The molecule has 100 valence electrons. The van der Waals surface area contributed by atoms with Gasteiger partial charge in [0.1, 0.15) is 0 Å². The summed E-state index contributed by atoms with van der Waals surface area (Å²) in [5.74, 6) is 0. The van der Waals surface area contributed by atoms with Crippen molar-refractivity contribution in [3.05, 3.63) is 54.1 Å². The van der Waals surface area contributed by atoms with Crippen LogP contribution in [0.5, 0.6) is 0 Å². The number of aromatic nitrogens is 2. The Labute approximate surface area is 114 Å². The van der Waals surface area contributed by atoms with Gasteiger partial charge in [0.05, 0.1) is 12.0 Å². The van der Waals surface area contributed by atoms with Crippen molar-refractivity contribution in [3.8, 4) is 0 Å². The molecule has 3 nitrogen and oxygen atoms in total. The fourth-order valence-electron chi connectivity index (χ4n) is 2.94. The van der Waals surface area contributed by atoms with E-state index in [-0.39, 0.29) is 0 Å². The molecule has 1 aliphatic rings. The molecule has 0 saturated carbocycles. The monoisotopic (exact) mass is 255 g/mol. The van der Waals surface area contributed by atoms with E-state index in [2.05, 4.69) is 52.1 Å². The summed E-state index contributed by atoms with van der Waals surface area (Å²) in [6.07, 6.45) is 7.54. The molecule has 0 radical (unpaired) electrons. The summed E-state index contributed by atoms with van der Waals surface area (Å²) in [4.78, 5) is 4.35. The highest BCUT2D eigenvalue weighted by Crippen LogP contribution is 2.26. The quantitative estimate of drug-likeness (QED) is 0.909. The molecule has 2 atom stereocenters. The number of nitrogens with one attached hydrogen (secondary N) is 1. The number of rotatable bonds is 4. The number of imidazole rings is 1. The van der Waals surface area contributed by atoms with E-state index in [0.717, 1.165) is 13.0 Å². The molecule has 0 bridgehead atoms. The zero-order valence-electron chi connectivity index (χ0n) is 11.4. The summed E-state index contributed by atoms with van der Waals surface area (Å²) >= 11 is 0. The molecule has 0 aliphatic carbocycles. The Balaban J connectivity index is 1.76. The minimum atomic E-state index is 0.447. The fourth-order valence-corrected chi connectivity index (χ4v) is 2.94.